The standard InChI is InChI=1S/C24H33N3O4S/c1-4-6-14-26(24(30)25-15-23(29)31-5-2)18-22(28)27(16-20-10-8-7-9-11-20)17-21-13-12-19(3)32-21/h7-13H,4-6,14-18H2,1-3H3,(H,25,30). The van der Waals surface area contributed by atoms with E-state index in [1.807, 2.05) is 56.3 Å². The van der Waals surface area contributed by atoms with Gasteiger partial charge in [0.15, 0.2) is 0 Å². The number of unbranched alkanes of at least 4 members (excludes halogenated alkanes) is 1. The summed E-state index contributed by atoms with van der Waals surface area (Å²) in [5, 5.41) is 2.57. The van der Waals surface area contributed by atoms with E-state index in [-0.39, 0.29) is 25.6 Å². The van der Waals surface area contributed by atoms with Crippen molar-refractivity contribution in [2.45, 2.75) is 46.7 Å². The monoisotopic (exact) mass is 459 g/mol. The molecule has 0 aliphatic carbocycles. The molecule has 8 heteroatoms. The first-order chi connectivity index (χ1) is 15.4. The fraction of sp³-hybridized carbons (Fsp3) is 0.458. The number of amides is 3. The minimum atomic E-state index is -0.499. The number of urea groups is 1. The first kappa shape index (κ1) is 25.4. The average molecular weight is 460 g/mol. The Balaban J connectivity index is 2.10. The van der Waals surface area contributed by atoms with Crippen molar-refractivity contribution in [2.75, 3.05) is 26.2 Å². The summed E-state index contributed by atoms with van der Waals surface area (Å²) in [5.74, 6) is -0.635. The largest absolute Gasteiger partial charge is 0.465 e. The molecule has 32 heavy (non-hydrogen) atoms. The Labute approximate surface area is 194 Å². The molecule has 0 bridgehead atoms. The molecular weight excluding hydrogens is 426 g/mol. The van der Waals surface area contributed by atoms with Crippen LogP contribution in [-0.4, -0.2) is 53.9 Å². The van der Waals surface area contributed by atoms with Crippen LogP contribution in [0.4, 0.5) is 4.79 Å². The van der Waals surface area contributed by atoms with E-state index in [1.54, 1.807) is 23.2 Å². The van der Waals surface area contributed by atoms with Gasteiger partial charge in [-0.15, -0.1) is 11.3 Å². The van der Waals surface area contributed by atoms with E-state index in [1.165, 1.54) is 9.78 Å². The van der Waals surface area contributed by atoms with Gasteiger partial charge < -0.3 is 19.9 Å². The molecule has 2 aromatic rings. The van der Waals surface area contributed by atoms with Crippen LogP contribution in [0.3, 0.4) is 0 Å². The normalized spacial score (nSPS) is 10.5. The number of rotatable bonds is 12. The highest BCUT2D eigenvalue weighted by Crippen LogP contribution is 2.19. The summed E-state index contributed by atoms with van der Waals surface area (Å²) in [5.41, 5.74) is 1.03. The number of carbonyl (C=O) groups is 3. The van der Waals surface area contributed by atoms with Crippen LogP contribution in [0, 0.1) is 6.92 Å². The number of carbonyl (C=O) groups excluding carboxylic acids is 3. The second kappa shape index (κ2) is 13.5. The van der Waals surface area contributed by atoms with Crippen molar-refractivity contribution < 1.29 is 19.1 Å². The minimum Gasteiger partial charge on any atom is -0.465 e. The molecule has 0 saturated carbocycles. The third kappa shape index (κ3) is 8.70. The molecule has 0 saturated heterocycles. The number of nitrogens with one attached hydrogen (secondary N) is 1. The van der Waals surface area contributed by atoms with E-state index < -0.39 is 12.0 Å². The van der Waals surface area contributed by atoms with Crippen molar-refractivity contribution in [2.24, 2.45) is 0 Å². The molecule has 0 spiro atoms. The molecule has 0 atom stereocenters. The molecule has 2 rings (SSSR count). The number of thiophene rings is 1. The summed E-state index contributed by atoms with van der Waals surface area (Å²) in [7, 11) is 0. The number of hydrogen-bond acceptors (Lipinski definition) is 5. The maximum absolute atomic E-state index is 13.3. The highest BCUT2D eigenvalue weighted by molar-refractivity contribution is 7.11. The van der Waals surface area contributed by atoms with Crippen LogP contribution < -0.4 is 5.32 Å². The lowest BCUT2D eigenvalue weighted by atomic mass is 10.2. The molecule has 1 aromatic heterocycles. The van der Waals surface area contributed by atoms with Gasteiger partial charge in [0, 0.05) is 22.8 Å². The lowest BCUT2D eigenvalue weighted by Crippen LogP contribution is -2.48. The van der Waals surface area contributed by atoms with E-state index in [4.69, 9.17) is 4.74 Å². The first-order valence-corrected chi connectivity index (χ1v) is 11.8. The zero-order chi connectivity index (χ0) is 23.3. The van der Waals surface area contributed by atoms with Crippen molar-refractivity contribution in [1.29, 1.82) is 0 Å². The Kier molecular flexibility index (Phi) is 10.7. The Morgan fingerprint density at radius 1 is 1.00 bits per heavy atom. The summed E-state index contributed by atoms with van der Waals surface area (Å²) in [6.07, 6.45) is 1.65. The molecule has 1 aromatic carbocycles. The van der Waals surface area contributed by atoms with Gasteiger partial charge in [-0.3, -0.25) is 9.59 Å². The van der Waals surface area contributed by atoms with E-state index in [9.17, 15) is 14.4 Å². The van der Waals surface area contributed by atoms with Crippen molar-refractivity contribution in [1.82, 2.24) is 15.1 Å². The summed E-state index contributed by atoms with van der Waals surface area (Å²) in [4.78, 5) is 43.1. The van der Waals surface area contributed by atoms with Gasteiger partial charge in [0.1, 0.15) is 13.1 Å². The van der Waals surface area contributed by atoms with Gasteiger partial charge in [-0.25, -0.2) is 4.79 Å². The molecule has 1 N–H and O–H groups in total. The van der Waals surface area contributed by atoms with Crippen molar-refractivity contribution >= 4 is 29.2 Å². The Morgan fingerprint density at radius 3 is 2.38 bits per heavy atom. The maximum atomic E-state index is 13.3. The lowest BCUT2D eigenvalue weighted by molar-refractivity contribution is -0.141. The topological polar surface area (TPSA) is 79.0 Å². The SMILES string of the molecule is CCCCN(CC(=O)N(Cc1ccccc1)Cc1ccc(C)s1)C(=O)NCC(=O)OCC. The number of benzene rings is 1. The molecule has 0 fully saturated rings. The third-order valence-corrected chi connectivity index (χ3v) is 5.78. The van der Waals surface area contributed by atoms with Gasteiger partial charge in [0.05, 0.1) is 13.2 Å². The molecule has 7 nitrogen and oxygen atoms in total. The zero-order valence-corrected chi connectivity index (χ0v) is 20.0. The fourth-order valence-corrected chi connectivity index (χ4v) is 4.04. The minimum absolute atomic E-state index is 0.0498. The highest BCUT2D eigenvalue weighted by atomic mass is 32.1. The molecular formula is C24H33N3O4S. The fourth-order valence-electron chi connectivity index (χ4n) is 3.13. The number of ether oxygens (including phenoxy) is 1. The second-order valence-electron chi connectivity index (χ2n) is 7.49. The van der Waals surface area contributed by atoms with Crippen LogP contribution in [0.5, 0.6) is 0 Å². The van der Waals surface area contributed by atoms with Crippen molar-refractivity contribution in [3.8, 4) is 0 Å². The quantitative estimate of drug-likeness (QED) is 0.487. The van der Waals surface area contributed by atoms with E-state index in [0.717, 1.165) is 23.3 Å². The molecule has 3 amide bonds. The van der Waals surface area contributed by atoms with Crippen LogP contribution >= 0.6 is 11.3 Å². The Hall–Kier alpha value is -2.87. The van der Waals surface area contributed by atoms with Gasteiger partial charge in [0.2, 0.25) is 5.91 Å². The van der Waals surface area contributed by atoms with Crippen LogP contribution in [0.1, 0.15) is 42.0 Å². The molecule has 0 radical (unpaired) electrons. The number of nitrogens with zero attached hydrogens (tertiary/aromatic N) is 2. The van der Waals surface area contributed by atoms with Gasteiger partial charge in [-0.1, -0.05) is 43.7 Å². The van der Waals surface area contributed by atoms with Crippen LogP contribution in [-0.2, 0) is 27.4 Å². The van der Waals surface area contributed by atoms with E-state index in [0.29, 0.717) is 19.6 Å². The van der Waals surface area contributed by atoms with Gasteiger partial charge >= 0.3 is 12.0 Å². The first-order valence-electron chi connectivity index (χ1n) is 11.0. The molecule has 0 aliphatic rings. The average Bonchev–Trinajstić information content (AvgIpc) is 3.19. The number of hydrogen-bond donors (Lipinski definition) is 1. The summed E-state index contributed by atoms with van der Waals surface area (Å²) >= 11 is 1.66. The number of esters is 1. The Bertz CT molecular complexity index is 869. The lowest BCUT2D eigenvalue weighted by Gasteiger charge is -2.27. The van der Waals surface area contributed by atoms with Crippen LogP contribution in [0.2, 0.25) is 0 Å². The van der Waals surface area contributed by atoms with E-state index in [2.05, 4.69) is 5.32 Å². The van der Waals surface area contributed by atoms with Crippen LogP contribution in [0.25, 0.3) is 0 Å². The zero-order valence-electron chi connectivity index (χ0n) is 19.1. The number of aryl methyl sites for hydroxylation is 1. The molecule has 0 aliphatic heterocycles. The molecule has 1 heterocycles. The Morgan fingerprint density at radius 2 is 1.75 bits per heavy atom. The second-order valence-corrected chi connectivity index (χ2v) is 8.86. The maximum Gasteiger partial charge on any atom is 0.325 e. The third-order valence-electron chi connectivity index (χ3n) is 4.80. The van der Waals surface area contributed by atoms with Gasteiger partial charge in [0.25, 0.3) is 0 Å². The molecule has 174 valence electrons. The van der Waals surface area contributed by atoms with Crippen molar-refractivity contribution in [3.05, 3.63) is 57.8 Å². The molecule has 0 unspecified atom stereocenters. The summed E-state index contributed by atoms with van der Waals surface area (Å²) in [6, 6.07) is 13.5. The predicted octanol–water partition coefficient (Wildman–Crippen LogP) is 3.96. The van der Waals surface area contributed by atoms with Crippen molar-refractivity contribution in [3.63, 3.8) is 0 Å². The summed E-state index contributed by atoms with van der Waals surface area (Å²) in [6.45, 7) is 7.15. The van der Waals surface area contributed by atoms with Gasteiger partial charge in [-0.05, 0) is 38.0 Å². The van der Waals surface area contributed by atoms with E-state index >= 15 is 0 Å². The van der Waals surface area contributed by atoms with Crippen LogP contribution in [0.15, 0.2) is 42.5 Å². The highest BCUT2D eigenvalue weighted by Gasteiger charge is 2.22. The summed E-state index contributed by atoms with van der Waals surface area (Å²) < 4.78 is 4.86. The van der Waals surface area contributed by atoms with Gasteiger partial charge in [-0.2, -0.15) is 0 Å². The predicted molar refractivity (Wildman–Crippen MR) is 126 cm³/mol. The smallest absolute Gasteiger partial charge is 0.325 e.